The molecule has 1 aliphatic rings. The summed E-state index contributed by atoms with van der Waals surface area (Å²) in [5.74, 6) is 0.392. The summed E-state index contributed by atoms with van der Waals surface area (Å²) in [6.45, 7) is 1.56. The standard InChI is InChI=1S/C9H14N6O2/c1-17-9-13-7(10)12-8(14-9)15-4-2-3-11-6(16)5-15/h2-5H2,1H3,(H,11,16)(H2,10,12,13,14). The highest BCUT2D eigenvalue weighted by Gasteiger charge is 2.18. The van der Waals surface area contributed by atoms with Crippen LogP contribution >= 0.6 is 0 Å². The van der Waals surface area contributed by atoms with E-state index in [9.17, 15) is 4.79 Å². The van der Waals surface area contributed by atoms with Crippen molar-refractivity contribution in [3.05, 3.63) is 0 Å². The van der Waals surface area contributed by atoms with E-state index in [1.54, 1.807) is 4.90 Å². The average molecular weight is 238 g/mol. The summed E-state index contributed by atoms with van der Waals surface area (Å²) in [6, 6.07) is 0.150. The number of rotatable bonds is 2. The maximum absolute atomic E-state index is 11.4. The molecule has 2 heterocycles. The minimum atomic E-state index is -0.0551. The second-order valence-corrected chi connectivity index (χ2v) is 3.61. The molecule has 17 heavy (non-hydrogen) atoms. The third kappa shape index (κ3) is 2.71. The van der Waals surface area contributed by atoms with Gasteiger partial charge in [-0.3, -0.25) is 4.79 Å². The fourth-order valence-corrected chi connectivity index (χ4v) is 1.57. The second-order valence-electron chi connectivity index (χ2n) is 3.61. The van der Waals surface area contributed by atoms with Crippen LogP contribution in [0, 0.1) is 0 Å². The fraction of sp³-hybridized carbons (Fsp3) is 0.556. The van der Waals surface area contributed by atoms with Gasteiger partial charge in [-0.2, -0.15) is 15.0 Å². The van der Waals surface area contributed by atoms with Gasteiger partial charge in [-0.05, 0) is 6.42 Å². The highest BCUT2D eigenvalue weighted by Crippen LogP contribution is 2.14. The SMILES string of the molecule is COc1nc(N)nc(N2CCCNC(=O)C2)n1. The molecule has 0 radical (unpaired) electrons. The van der Waals surface area contributed by atoms with Gasteiger partial charge in [0.1, 0.15) is 0 Å². The number of methoxy groups -OCH3 is 1. The smallest absolute Gasteiger partial charge is 0.322 e. The first kappa shape index (κ1) is 11.4. The number of nitrogen functional groups attached to an aromatic ring is 1. The summed E-state index contributed by atoms with van der Waals surface area (Å²) >= 11 is 0. The summed E-state index contributed by atoms with van der Waals surface area (Å²) in [5.41, 5.74) is 5.55. The molecule has 92 valence electrons. The molecule has 1 amide bonds. The molecule has 0 aliphatic carbocycles. The van der Waals surface area contributed by atoms with Gasteiger partial charge in [0, 0.05) is 13.1 Å². The molecule has 1 saturated heterocycles. The van der Waals surface area contributed by atoms with E-state index in [1.807, 2.05) is 0 Å². The molecule has 1 fully saturated rings. The quantitative estimate of drug-likeness (QED) is 0.665. The van der Waals surface area contributed by atoms with Gasteiger partial charge in [0.2, 0.25) is 17.8 Å². The van der Waals surface area contributed by atoms with Crippen molar-refractivity contribution in [2.75, 3.05) is 37.4 Å². The molecule has 0 atom stereocenters. The predicted octanol–water partition coefficient (Wildman–Crippen LogP) is -1.21. The van der Waals surface area contributed by atoms with Crippen LogP contribution < -0.4 is 20.7 Å². The van der Waals surface area contributed by atoms with Crippen molar-refractivity contribution in [3.8, 4) is 6.01 Å². The number of carbonyl (C=O) groups is 1. The Morgan fingerprint density at radius 3 is 3.00 bits per heavy atom. The largest absolute Gasteiger partial charge is 0.467 e. The van der Waals surface area contributed by atoms with Crippen molar-refractivity contribution >= 4 is 17.8 Å². The maximum atomic E-state index is 11.4. The molecular weight excluding hydrogens is 224 g/mol. The lowest BCUT2D eigenvalue weighted by Crippen LogP contribution is -2.34. The Balaban J connectivity index is 2.25. The van der Waals surface area contributed by atoms with E-state index in [0.29, 0.717) is 19.0 Å². The normalized spacial score (nSPS) is 16.3. The molecule has 0 spiro atoms. The lowest BCUT2D eigenvalue weighted by molar-refractivity contribution is -0.119. The number of nitrogens with one attached hydrogen (secondary N) is 1. The van der Waals surface area contributed by atoms with Crippen LogP contribution in [0.1, 0.15) is 6.42 Å². The third-order valence-corrected chi connectivity index (χ3v) is 2.35. The summed E-state index contributed by atoms with van der Waals surface area (Å²) in [5, 5.41) is 2.77. The van der Waals surface area contributed by atoms with Gasteiger partial charge in [0.05, 0.1) is 13.7 Å². The van der Waals surface area contributed by atoms with Crippen molar-refractivity contribution in [1.29, 1.82) is 0 Å². The zero-order valence-electron chi connectivity index (χ0n) is 9.51. The highest BCUT2D eigenvalue weighted by molar-refractivity contribution is 5.81. The van der Waals surface area contributed by atoms with E-state index in [-0.39, 0.29) is 24.4 Å². The first-order chi connectivity index (χ1) is 8.19. The number of nitrogens with two attached hydrogens (primary N) is 1. The monoisotopic (exact) mass is 238 g/mol. The van der Waals surface area contributed by atoms with Crippen molar-refractivity contribution in [3.63, 3.8) is 0 Å². The molecule has 8 nitrogen and oxygen atoms in total. The molecule has 0 saturated carbocycles. The van der Waals surface area contributed by atoms with Crippen LogP contribution in [0.4, 0.5) is 11.9 Å². The van der Waals surface area contributed by atoms with Crippen LogP contribution in [0.15, 0.2) is 0 Å². The second kappa shape index (κ2) is 4.81. The number of hydrogen-bond donors (Lipinski definition) is 2. The Labute approximate surface area is 98.2 Å². The van der Waals surface area contributed by atoms with Crippen molar-refractivity contribution in [1.82, 2.24) is 20.3 Å². The van der Waals surface area contributed by atoms with Crippen LogP contribution in [0.2, 0.25) is 0 Å². The Kier molecular flexibility index (Phi) is 3.22. The Morgan fingerprint density at radius 2 is 2.24 bits per heavy atom. The fourth-order valence-electron chi connectivity index (χ4n) is 1.57. The van der Waals surface area contributed by atoms with Gasteiger partial charge in [0.25, 0.3) is 0 Å². The first-order valence-electron chi connectivity index (χ1n) is 5.26. The maximum Gasteiger partial charge on any atom is 0.322 e. The average Bonchev–Trinajstić information content (AvgIpc) is 2.53. The van der Waals surface area contributed by atoms with E-state index < -0.39 is 0 Å². The molecule has 0 aromatic carbocycles. The number of amides is 1. The lowest BCUT2D eigenvalue weighted by Gasteiger charge is -2.18. The molecule has 1 aliphatic heterocycles. The molecule has 0 bridgehead atoms. The van der Waals surface area contributed by atoms with Crippen LogP contribution in [-0.4, -0.2) is 47.6 Å². The lowest BCUT2D eigenvalue weighted by atomic mass is 10.4. The van der Waals surface area contributed by atoms with Crippen LogP contribution in [0.3, 0.4) is 0 Å². The van der Waals surface area contributed by atoms with Crippen LogP contribution in [0.5, 0.6) is 6.01 Å². The highest BCUT2D eigenvalue weighted by atomic mass is 16.5. The van der Waals surface area contributed by atoms with Gasteiger partial charge in [-0.1, -0.05) is 0 Å². The van der Waals surface area contributed by atoms with Crippen molar-refractivity contribution < 1.29 is 9.53 Å². The molecule has 1 aromatic heterocycles. The number of anilines is 2. The molecular formula is C9H14N6O2. The molecule has 0 unspecified atom stereocenters. The minimum Gasteiger partial charge on any atom is -0.467 e. The van der Waals surface area contributed by atoms with Crippen molar-refractivity contribution in [2.24, 2.45) is 0 Å². The van der Waals surface area contributed by atoms with E-state index in [4.69, 9.17) is 10.5 Å². The molecule has 2 rings (SSSR count). The summed E-state index contributed by atoms with van der Waals surface area (Å²) in [4.78, 5) is 25.0. The zero-order valence-corrected chi connectivity index (χ0v) is 9.51. The zero-order chi connectivity index (χ0) is 12.3. The van der Waals surface area contributed by atoms with Crippen LogP contribution in [0.25, 0.3) is 0 Å². The predicted molar refractivity (Wildman–Crippen MR) is 60.6 cm³/mol. The van der Waals surface area contributed by atoms with E-state index in [1.165, 1.54) is 7.11 Å². The molecule has 3 N–H and O–H groups in total. The van der Waals surface area contributed by atoms with E-state index in [2.05, 4.69) is 20.3 Å². The summed E-state index contributed by atoms with van der Waals surface area (Å²) in [6.07, 6.45) is 0.833. The molecule has 8 heteroatoms. The summed E-state index contributed by atoms with van der Waals surface area (Å²) < 4.78 is 4.92. The van der Waals surface area contributed by atoms with Gasteiger partial charge in [0.15, 0.2) is 0 Å². The van der Waals surface area contributed by atoms with Crippen LogP contribution in [-0.2, 0) is 4.79 Å². The Morgan fingerprint density at radius 1 is 1.41 bits per heavy atom. The van der Waals surface area contributed by atoms with E-state index >= 15 is 0 Å². The number of ether oxygens (including phenoxy) is 1. The topological polar surface area (TPSA) is 106 Å². The number of hydrogen-bond acceptors (Lipinski definition) is 7. The van der Waals surface area contributed by atoms with Gasteiger partial charge in [-0.15, -0.1) is 0 Å². The number of aromatic nitrogens is 3. The minimum absolute atomic E-state index is 0.0551. The Hall–Kier alpha value is -2.12. The Bertz CT molecular complexity index is 424. The molecule has 1 aromatic rings. The van der Waals surface area contributed by atoms with Crippen molar-refractivity contribution in [2.45, 2.75) is 6.42 Å². The number of nitrogens with zero attached hydrogens (tertiary/aromatic N) is 4. The summed E-state index contributed by atoms with van der Waals surface area (Å²) in [7, 11) is 1.45. The number of carbonyl (C=O) groups excluding carboxylic acids is 1. The van der Waals surface area contributed by atoms with Gasteiger partial charge in [-0.25, -0.2) is 0 Å². The van der Waals surface area contributed by atoms with E-state index in [0.717, 1.165) is 6.42 Å². The van der Waals surface area contributed by atoms with Gasteiger partial charge < -0.3 is 20.7 Å². The first-order valence-corrected chi connectivity index (χ1v) is 5.26. The van der Waals surface area contributed by atoms with Gasteiger partial charge >= 0.3 is 6.01 Å². The third-order valence-electron chi connectivity index (χ3n) is 2.35.